The van der Waals surface area contributed by atoms with E-state index in [1.807, 2.05) is 18.2 Å². The number of hydrogen-bond acceptors (Lipinski definition) is 4. The summed E-state index contributed by atoms with van der Waals surface area (Å²) in [6.45, 7) is 3.13. The van der Waals surface area contributed by atoms with Crippen LogP contribution in [-0.2, 0) is 6.42 Å². The van der Waals surface area contributed by atoms with Crippen molar-refractivity contribution >= 4 is 23.9 Å². The van der Waals surface area contributed by atoms with E-state index >= 15 is 0 Å². The van der Waals surface area contributed by atoms with Crippen molar-refractivity contribution in [2.75, 3.05) is 24.6 Å². The SMILES string of the molecule is CC(=O)c1ccccc1OCC(O)CN1CCc2ccccc21.Cl. The van der Waals surface area contributed by atoms with E-state index < -0.39 is 6.10 Å². The molecule has 0 radical (unpaired) electrons. The number of nitrogens with zero attached hydrogens (tertiary/aromatic N) is 1. The Labute approximate surface area is 148 Å². The Morgan fingerprint density at radius 2 is 1.92 bits per heavy atom. The first-order chi connectivity index (χ1) is 11.1. The smallest absolute Gasteiger partial charge is 0.163 e. The summed E-state index contributed by atoms with van der Waals surface area (Å²) in [6, 6.07) is 15.4. The van der Waals surface area contributed by atoms with E-state index in [1.165, 1.54) is 18.2 Å². The maximum Gasteiger partial charge on any atom is 0.163 e. The maximum absolute atomic E-state index is 11.6. The van der Waals surface area contributed by atoms with Crippen LogP contribution >= 0.6 is 12.4 Å². The third kappa shape index (κ3) is 4.08. The first-order valence-electron chi connectivity index (χ1n) is 7.89. The van der Waals surface area contributed by atoms with Crippen molar-refractivity contribution in [1.29, 1.82) is 0 Å². The van der Waals surface area contributed by atoms with E-state index in [1.54, 1.807) is 18.2 Å². The topological polar surface area (TPSA) is 49.8 Å². The molecule has 5 heteroatoms. The standard InChI is InChI=1S/C19H21NO3.ClH/c1-14(21)17-7-3-5-9-19(17)23-13-16(22)12-20-11-10-15-6-2-4-8-18(15)20;/h2-9,16,22H,10-13H2,1H3;1H. The summed E-state index contributed by atoms with van der Waals surface area (Å²) < 4.78 is 5.66. The molecule has 1 unspecified atom stereocenters. The largest absolute Gasteiger partial charge is 0.490 e. The highest BCUT2D eigenvalue weighted by Crippen LogP contribution is 2.27. The molecule has 0 aromatic heterocycles. The van der Waals surface area contributed by atoms with Crippen LogP contribution in [0, 0.1) is 0 Å². The van der Waals surface area contributed by atoms with Crippen LogP contribution in [0.5, 0.6) is 5.75 Å². The van der Waals surface area contributed by atoms with Crippen molar-refractivity contribution < 1.29 is 14.6 Å². The first-order valence-corrected chi connectivity index (χ1v) is 7.89. The second-order valence-corrected chi connectivity index (χ2v) is 5.84. The number of halogens is 1. The van der Waals surface area contributed by atoms with Crippen molar-refractivity contribution in [2.24, 2.45) is 0 Å². The zero-order valence-electron chi connectivity index (χ0n) is 13.6. The van der Waals surface area contributed by atoms with Crippen LogP contribution in [0.1, 0.15) is 22.8 Å². The van der Waals surface area contributed by atoms with Gasteiger partial charge in [0.2, 0.25) is 0 Å². The number of carbonyl (C=O) groups excluding carboxylic acids is 1. The van der Waals surface area contributed by atoms with Crippen LogP contribution < -0.4 is 9.64 Å². The Hall–Kier alpha value is -2.04. The van der Waals surface area contributed by atoms with Crippen molar-refractivity contribution in [3.05, 3.63) is 59.7 Å². The van der Waals surface area contributed by atoms with Gasteiger partial charge in [-0.25, -0.2) is 0 Å². The minimum atomic E-state index is -0.610. The molecule has 0 fully saturated rings. The number of ketones is 1. The molecule has 0 saturated carbocycles. The van der Waals surface area contributed by atoms with Gasteiger partial charge in [-0.2, -0.15) is 0 Å². The Morgan fingerprint density at radius 1 is 1.21 bits per heavy atom. The average molecular weight is 348 g/mol. The molecule has 4 nitrogen and oxygen atoms in total. The van der Waals surface area contributed by atoms with Gasteiger partial charge in [-0.1, -0.05) is 30.3 Å². The van der Waals surface area contributed by atoms with Crippen LogP contribution in [0.25, 0.3) is 0 Å². The lowest BCUT2D eigenvalue weighted by Crippen LogP contribution is -2.34. The van der Waals surface area contributed by atoms with Gasteiger partial charge in [0.05, 0.1) is 5.56 Å². The number of fused-ring (bicyclic) bond motifs is 1. The zero-order chi connectivity index (χ0) is 16.2. The van der Waals surface area contributed by atoms with Crippen molar-refractivity contribution in [1.82, 2.24) is 0 Å². The monoisotopic (exact) mass is 347 g/mol. The number of anilines is 1. The molecule has 1 heterocycles. The Bertz CT molecular complexity index is 705. The van der Waals surface area contributed by atoms with E-state index in [0.29, 0.717) is 17.9 Å². The molecule has 24 heavy (non-hydrogen) atoms. The molecule has 2 aromatic rings. The van der Waals surface area contributed by atoms with Crippen LogP contribution in [0.4, 0.5) is 5.69 Å². The molecule has 2 aromatic carbocycles. The number of Topliss-reactive ketones (excluding diaryl/α,β-unsaturated/α-hetero) is 1. The summed E-state index contributed by atoms with van der Waals surface area (Å²) in [5.74, 6) is 0.490. The molecule has 128 valence electrons. The predicted molar refractivity (Wildman–Crippen MR) is 97.6 cm³/mol. The highest BCUT2D eigenvalue weighted by atomic mass is 35.5. The number of carbonyl (C=O) groups is 1. The second kappa shape index (κ2) is 8.18. The highest BCUT2D eigenvalue weighted by molar-refractivity contribution is 5.96. The average Bonchev–Trinajstić information content (AvgIpc) is 2.96. The Kier molecular flexibility index (Phi) is 6.23. The molecule has 1 atom stereocenters. The van der Waals surface area contributed by atoms with E-state index in [9.17, 15) is 9.90 Å². The normalized spacial score (nSPS) is 13.8. The fraction of sp³-hybridized carbons (Fsp3) is 0.316. The van der Waals surface area contributed by atoms with Crippen LogP contribution in [-0.4, -0.2) is 36.7 Å². The molecule has 1 aliphatic rings. The zero-order valence-corrected chi connectivity index (χ0v) is 14.5. The summed E-state index contributed by atoms with van der Waals surface area (Å²) in [7, 11) is 0. The van der Waals surface area contributed by atoms with Gasteiger partial charge in [0.1, 0.15) is 18.5 Å². The summed E-state index contributed by atoms with van der Waals surface area (Å²) in [5.41, 5.74) is 3.06. The number of rotatable bonds is 6. The molecule has 0 bridgehead atoms. The Balaban J connectivity index is 0.00000208. The van der Waals surface area contributed by atoms with E-state index in [2.05, 4.69) is 17.0 Å². The number of β-amino-alcohol motifs (C(OH)–C–C–N with tert-alkyl or cyclic N) is 1. The minimum Gasteiger partial charge on any atom is -0.490 e. The van der Waals surface area contributed by atoms with Gasteiger partial charge >= 0.3 is 0 Å². The third-order valence-electron chi connectivity index (χ3n) is 4.11. The Morgan fingerprint density at radius 3 is 2.71 bits per heavy atom. The van der Waals surface area contributed by atoms with Gasteiger partial charge in [0.25, 0.3) is 0 Å². The molecule has 0 amide bonds. The van der Waals surface area contributed by atoms with Crippen molar-refractivity contribution in [2.45, 2.75) is 19.4 Å². The van der Waals surface area contributed by atoms with E-state index in [4.69, 9.17) is 4.74 Å². The van der Waals surface area contributed by atoms with Gasteiger partial charge in [-0.05, 0) is 37.1 Å². The number of hydrogen-bond donors (Lipinski definition) is 1. The molecule has 0 spiro atoms. The van der Waals surface area contributed by atoms with Gasteiger partial charge in [-0.15, -0.1) is 12.4 Å². The van der Waals surface area contributed by atoms with Gasteiger partial charge in [-0.3, -0.25) is 4.79 Å². The van der Waals surface area contributed by atoms with E-state index in [0.717, 1.165) is 13.0 Å². The first kappa shape index (κ1) is 18.3. The van der Waals surface area contributed by atoms with Gasteiger partial charge in [0.15, 0.2) is 5.78 Å². The van der Waals surface area contributed by atoms with Gasteiger partial charge in [0, 0.05) is 18.8 Å². The van der Waals surface area contributed by atoms with Crippen LogP contribution in [0.15, 0.2) is 48.5 Å². The van der Waals surface area contributed by atoms with E-state index in [-0.39, 0.29) is 24.8 Å². The maximum atomic E-state index is 11.6. The summed E-state index contributed by atoms with van der Waals surface area (Å²) in [5, 5.41) is 10.3. The quantitative estimate of drug-likeness (QED) is 0.816. The molecule has 0 aliphatic carbocycles. The predicted octanol–water partition coefficient (Wildman–Crippen LogP) is 3.11. The number of aliphatic hydroxyl groups is 1. The number of para-hydroxylation sites is 2. The fourth-order valence-corrected chi connectivity index (χ4v) is 2.97. The molecule has 1 aliphatic heterocycles. The molecular formula is C19H22ClNO3. The third-order valence-corrected chi connectivity index (χ3v) is 4.11. The molecule has 1 N–H and O–H groups in total. The van der Waals surface area contributed by atoms with Crippen molar-refractivity contribution in [3.63, 3.8) is 0 Å². The minimum absolute atomic E-state index is 0. The summed E-state index contributed by atoms with van der Waals surface area (Å²) >= 11 is 0. The van der Waals surface area contributed by atoms with Crippen LogP contribution in [0.3, 0.4) is 0 Å². The lowest BCUT2D eigenvalue weighted by molar-refractivity contribution is 0.0986. The second-order valence-electron chi connectivity index (χ2n) is 5.84. The number of ether oxygens (including phenoxy) is 1. The summed E-state index contributed by atoms with van der Waals surface area (Å²) in [4.78, 5) is 13.8. The molecule has 0 saturated heterocycles. The van der Waals surface area contributed by atoms with Gasteiger partial charge < -0.3 is 14.7 Å². The lowest BCUT2D eigenvalue weighted by Gasteiger charge is -2.23. The fourth-order valence-electron chi connectivity index (χ4n) is 2.97. The number of benzene rings is 2. The lowest BCUT2D eigenvalue weighted by atomic mass is 10.1. The van der Waals surface area contributed by atoms with Crippen molar-refractivity contribution in [3.8, 4) is 5.75 Å². The molecular weight excluding hydrogens is 326 g/mol. The summed E-state index contributed by atoms with van der Waals surface area (Å²) in [6.07, 6.45) is 0.401. The molecule has 3 rings (SSSR count). The number of aliphatic hydroxyl groups excluding tert-OH is 1. The highest BCUT2D eigenvalue weighted by Gasteiger charge is 2.21. The van der Waals surface area contributed by atoms with Crippen LogP contribution in [0.2, 0.25) is 0 Å².